The number of nitrogens with one attached hydrogen (secondary N) is 2. The van der Waals surface area contributed by atoms with Gasteiger partial charge in [0, 0.05) is 43.6 Å². The molecule has 0 saturated heterocycles. The van der Waals surface area contributed by atoms with Crippen molar-refractivity contribution in [3.05, 3.63) is 63.7 Å². The summed E-state index contributed by atoms with van der Waals surface area (Å²) in [6.07, 6.45) is 0.824. The first-order valence-corrected chi connectivity index (χ1v) is 11.7. The summed E-state index contributed by atoms with van der Waals surface area (Å²) in [5.74, 6) is -1.88. The van der Waals surface area contributed by atoms with Gasteiger partial charge in [-0.2, -0.15) is 0 Å². The highest BCUT2D eigenvalue weighted by Gasteiger charge is 2.21. The van der Waals surface area contributed by atoms with Crippen molar-refractivity contribution in [2.75, 3.05) is 20.4 Å². The van der Waals surface area contributed by atoms with E-state index < -0.39 is 47.2 Å². The molecule has 0 unspecified atom stereocenters. The molecule has 0 aliphatic rings. The van der Waals surface area contributed by atoms with Crippen LogP contribution in [0, 0.1) is 10.1 Å². The molecule has 2 N–H and O–H groups in total. The van der Waals surface area contributed by atoms with Crippen LogP contribution in [-0.4, -0.2) is 58.2 Å². The fraction of sp³-hybridized carbons (Fsp3) is 0.176. The molecule has 12 nitrogen and oxygen atoms in total. The van der Waals surface area contributed by atoms with E-state index >= 15 is 0 Å². The molecule has 0 spiro atoms. The van der Waals surface area contributed by atoms with E-state index in [1.165, 1.54) is 32.3 Å². The van der Waals surface area contributed by atoms with Crippen molar-refractivity contribution in [3.63, 3.8) is 0 Å². The minimum absolute atomic E-state index is 0.0842. The molecule has 0 atom stereocenters. The van der Waals surface area contributed by atoms with Gasteiger partial charge in [0.1, 0.15) is 0 Å². The topological polar surface area (TPSA) is 173 Å². The number of nitrogens with zero attached hydrogens (tertiary/aromatic N) is 2. The number of rotatable bonds is 6. The van der Waals surface area contributed by atoms with Crippen molar-refractivity contribution < 1.29 is 31.3 Å². The Morgan fingerprint density at radius 1 is 0.903 bits per heavy atom. The van der Waals surface area contributed by atoms with Crippen LogP contribution in [0.1, 0.15) is 20.7 Å². The Bertz CT molecular complexity index is 1270. The molecule has 0 radical (unpaired) electrons. The van der Waals surface area contributed by atoms with Crippen LogP contribution < -0.4 is 10.9 Å². The molecule has 0 fully saturated rings. The lowest BCUT2D eigenvalue weighted by atomic mass is 10.2. The lowest BCUT2D eigenvalue weighted by Gasteiger charge is -2.12. The predicted molar refractivity (Wildman–Crippen MR) is 108 cm³/mol. The van der Waals surface area contributed by atoms with Crippen LogP contribution in [0.25, 0.3) is 0 Å². The Balaban J connectivity index is 2.25. The van der Waals surface area contributed by atoms with Crippen LogP contribution in [0.3, 0.4) is 0 Å². The fourth-order valence-electron chi connectivity index (χ4n) is 2.30. The fourth-order valence-corrected chi connectivity index (χ4v) is 3.92. The van der Waals surface area contributed by atoms with Crippen molar-refractivity contribution >= 4 is 37.4 Å². The van der Waals surface area contributed by atoms with Crippen molar-refractivity contribution in [2.45, 2.75) is 9.79 Å². The van der Waals surface area contributed by atoms with Crippen molar-refractivity contribution in [3.8, 4) is 0 Å². The summed E-state index contributed by atoms with van der Waals surface area (Å²) < 4.78 is 48.8. The first kappa shape index (κ1) is 23.9. The maximum atomic E-state index is 12.3. The van der Waals surface area contributed by atoms with Gasteiger partial charge in [0.15, 0.2) is 9.84 Å². The second-order valence-corrected chi connectivity index (χ2v) is 10.6. The highest BCUT2D eigenvalue weighted by molar-refractivity contribution is 7.90. The summed E-state index contributed by atoms with van der Waals surface area (Å²) in [5, 5.41) is 11.0. The van der Waals surface area contributed by atoms with Gasteiger partial charge in [-0.1, -0.05) is 6.07 Å². The molecule has 14 heteroatoms. The van der Waals surface area contributed by atoms with Crippen molar-refractivity contribution in [1.82, 2.24) is 15.2 Å². The van der Waals surface area contributed by atoms with Gasteiger partial charge in [0.25, 0.3) is 17.5 Å². The SMILES string of the molecule is CN(C)S(=O)(=O)c1cccc(C(=O)NNC(=O)c2cc([N+](=O)[O-])cc(S(C)(=O)=O)c2)c1. The number of amides is 2. The van der Waals surface area contributed by atoms with Gasteiger partial charge in [0.05, 0.1) is 14.7 Å². The number of hydrogen-bond acceptors (Lipinski definition) is 8. The first-order valence-electron chi connectivity index (χ1n) is 8.36. The van der Waals surface area contributed by atoms with Gasteiger partial charge >= 0.3 is 0 Å². The zero-order chi connectivity index (χ0) is 23.6. The molecule has 2 aromatic rings. The smallest absolute Gasteiger partial charge is 0.267 e. The summed E-state index contributed by atoms with van der Waals surface area (Å²) in [6, 6.07) is 7.62. The normalized spacial score (nSPS) is 11.7. The van der Waals surface area contributed by atoms with E-state index in [0.717, 1.165) is 34.8 Å². The Labute approximate surface area is 178 Å². The minimum atomic E-state index is -3.85. The standard InChI is InChI=1S/C17H18N4O8S2/c1-20(2)31(28,29)14-6-4-5-11(8-14)16(22)18-19-17(23)12-7-13(21(24)25)10-15(9-12)30(3,26)27/h4-10H,1-3H3,(H,18,22)(H,19,23). The van der Waals surface area contributed by atoms with Gasteiger partial charge in [-0.3, -0.25) is 30.6 Å². The minimum Gasteiger partial charge on any atom is -0.267 e. The molecule has 166 valence electrons. The Kier molecular flexibility index (Phi) is 6.78. The van der Waals surface area contributed by atoms with E-state index in [9.17, 15) is 36.5 Å². The predicted octanol–water partition coefficient (Wildman–Crippen LogP) is 0.323. The van der Waals surface area contributed by atoms with E-state index in [2.05, 4.69) is 0 Å². The monoisotopic (exact) mass is 470 g/mol. The van der Waals surface area contributed by atoms with Gasteiger partial charge in [-0.05, 0) is 24.3 Å². The zero-order valence-electron chi connectivity index (χ0n) is 16.5. The third-order valence-corrected chi connectivity index (χ3v) is 6.86. The van der Waals surface area contributed by atoms with E-state index in [4.69, 9.17) is 0 Å². The maximum Gasteiger partial charge on any atom is 0.271 e. The average molecular weight is 470 g/mol. The molecule has 0 saturated carbocycles. The second-order valence-electron chi connectivity index (χ2n) is 6.47. The number of nitro benzene ring substituents is 1. The quantitative estimate of drug-likeness (QED) is 0.448. The Morgan fingerprint density at radius 3 is 1.97 bits per heavy atom. The number of non-ortho nitro benzene ring substituents is 1. The molecular weight excluding hydrogens is 452 g/mol. The lowest BCUT2D eigenvalue weighted by molar-refractivity contribution is -0.385. The summed E-state index contributed by atoms with van der Waals surface area (Å²) in [6.45, 7) is 0. The van der Waals surface area contributed by atoms with Gasteiger partial charge in [-0.25, -0.2) is 21.1 Å². The molecule has 2 aromatic carbocycles. The Morgan fingerprint density at radius 2 is 1.45 bits per heavy atom. The number of sulfone groups is 1. The maximum absolute atomic E-state index is 12.3. The third kappa shape index (κ3) is 5.62. The molecule has 0 bridgehead atoms. The molecule has 0 aliphatic heterocycles. The summed E-state index contributed by atoms with van der Waals surface area (Å²) in [7, 11) is -4.99. The van der Waals surface area contributed by atoms with Gasteiger partial charge in [0.2, 0.25) is 10.0 Å². The number of hydrazine groups is 1. The molecule has 0 aliphatic carbocycles. The number of hydrogen-bond donors (Lipinski definition) is 2. The number of carbonyl (C=O) groups excluding carboxylic acids is 2. The highest BCUT2D eigenvalue weighted by atomic mass is 32.2. The molecule has 2 amide bonds. The molecule has 31 heavy (non-hydrogen) atoms. The van der Waals surface area contributed by atoms with Gasteiger partial charge in [-0.15, -0.1) is 0 Å². The van der Waals surface area contributed by atoms with Crippen LogP contribution in [0.4, 0.5) is 5.69 Å². The van der Waals surface area contributed by atoms with E-state index in [0.29, 0.717) is 0 Å². The van der Waals surface area contributed by atoms with Crippen LogP contribution in [0.5, 0.6) is 0 Å². The van der Waals surface area contributed by atoms with Gasteiger partial charge < -0.3 is 0 Å². The number of sulfonamides is 1. The highest BCUT2D eigenvalue weighted by Crippen LogP contribution is 2.21. The van der Waals surface area contributed by atoms with E-state index in [1.54, 1.807) is 0 Å². The number of nitro groups is 1. The molecule has 2 rings (SSSR count). The first-order chi connectivity index (χ1) is 14.2. The van der Waals surface area contributed by atoms with E-state index in [-0.39, 0.29) is 16.0 Å². The summed E-state index contributed by atoms with van der Waals surface area (Å²) >= 11 is 0. The zero-order valence-corrected chi connectivity index (χ0v) is 18.2. The lowest BCUT2D eigenvalue weighted by Crippen LogP contribution is -2.41. The molecular formula is C17H18N4O8S2. The van der Waals surface area contributed by atoms with Crippen LogP contribution in [-0.2, 0) is 19.9 Å². The Hall–Kier alpha value is -3.36. The van der Waals surface area contributed by atoms with Crippen LogP contribution in [0.15, 0.2) is 52.3 Å². The number of carbonyl (C=O) groups is 2. The van der Waals surface area contributed by atoms with E-state index in [1.807, 2.05) is 10.9 Å². The third-order valence-electron chi connectivity index (χ3n) is 3.96. The second kappa shape index (κ2) is 8.79. The largest absolute Gasteiger partial charge is 0.271 e. The number of benzene rings is 2. The van der Waals surface area contributed by atoms with Crippen LogP contribution in [0.2, 0.25) is 0 Å². The summed E-state index contributed by atoms with van der Waals surface area (Å²) in [5.41, 5.74) is 2.97. The van der Waals surface area contributed by atoms with Crippen molar-refractivity contribution in [1.29, 1.82) is 0 Å². The van der Waals surface area contributed by atoms with Crippen LogP contribution >= 0.6 is 0 Å². The summed E-state index contributed by atoms with van der Waals surface area (Å²) in [4.78, 5) is 34.2. The average Bonchev–Trinajstić information content (AvgIpc) is 2.70. The molecule has 0 aromatic heterocycles. The van der Waals surface area contributed by atoms with Crippen molar-refractivity contribution in [2.24, 2.45) is 0 Å². The molecule has 0 heterocycles.